The largest absolute Gasteiger partial charge is 0.366 e. The molecule has 5 nitrogen and oxygen atoms in total. The zero-order chi connectivity index (χ0) is 18.5. The summed E-state index contributed by atoms with van der Waals surface area (Å²) >= 11 is 7.26. The Bertz CT molecular complexity index is 1020. The molecule has 26 heavy (non-hydrogen) atoms. The van der Waals surface area contributed by atoms with Gasteiger partial charge in [-0.05, 0) is 24.3 Å². The van der Waals surface area contributed by atoms with E-state index < -0.39 is 5.91 Å². The molecule has 0 unspecified atom stereocenters. The molecule has 0 saturated carbocycles. The average molecular weight is 381 g/mol. The summed E-state index contributed by atoms with van der Waals surface area (Å²) in [6, 6.07) is 16.3. The van der Waals surface area contributed by atoms with Gasteiger partial charge in [0.2, 0.25) is 0 Å². The van der Waals surface area contributed by atoms with Crippen LogP contribution < -0.4 is 11.1 Å². The highest BCUT2D eigenvalue weighted by atomic mass is 35.5. The van der Waals surface area contributed by atoms with Crippen molar-refractivity contribution in [1.29, 1.82) is 5.26 Å². The van der Waals surface area contributed by atoms with Crippen LogP contribution in [0.2, 0.25) is 5.02 Å². The van der Waals surface area contributed by atoms with Crippen LogP contribution in [0.15, 0.2) is 60.1 Å². The topological polar surface area (TPSA) is 91.8 Å². The van der Waals surface area contributed by atoms with Gasteiger partial charge in [0, 0.05) is 22.2 Å². The summed E-state index contributed by atoms with van der Waals surface area (Å²) in [5.74, 6) is -0.542. The van der Waals surface area contributed by atoms with Gasteiger partial charge >= 0.3 is 0 Å². The van der Waals surface area contributed by atoms with Crippen molar-refractivity contribution in [3.05, 3.63) is 75.7 Å². The average Bonchev–Trinajstić information content (AvgIpc) is 3.13. The Morgan fingerprint density at radius 2 is 1.96 bits per heavy atom. The van der Waals surface area contributed by atoms with Crippen LogP contribution >= 0.6 is 22.9 Å². The van der Waals surface area contributed by atoms with Gasteiger partial charge in [-0.2, -0.15) is 5.26 Å². The number of primary amides is 1. The number of aromatic nitrogens is 1. The molecule has 0 bridgehead atoms. The molecule has 3 aromatic rings. The molecule has 3 N–H and O–H groups in total. The van der Waals surface area contributed by atoms with Crippen molar-refractivity contribution in [3.8, 4) is 17.3 Å². The lowest BCUT2D eigenvalue weighted by molar-refractivity contribution is 0.100. The molecule has 2 aromatic carbocycles. The second kappa shape index (κ2) is 7.83. The van der Waals surface area contributed by atoms with Gasteiger partial charge in [-0.1, -0.05) is 35.9 Å². The minimum Gasteiger partial charge on any atom is -0.366 e. The van der Waals surface area contributed by atoms with Gasteiger partial charge in [0.25, 0.3) is 5.91 Å². The Balaban J connectivity index is 1.86. The van der Waals surface area contributed by atoms with Crippen LogP contribution in [-0.4, -0.2) is 10.9 Å². The van der Waals surface area contributed by atoms with Crippen molar-refractivity contribution in [3.63, 3.8) is 0 Å². The zero-order valence-electron chi connectivity index (χ0n) is 13.4. The Morgan fingerprint density at radius 1 is 1.23 bits per heavy atom. The molecule has 0 fully saturated rings. The van der Waals surface area contributed by atoms with Crippen LogP contribution in [0, 0.1) is 11.3 Å². The third-order valence-electron chi connectivity index (χ3n) is 3.56. The molecule has 0 spiro atoms. The first kappa shape index (κ1) is 17.7. The SMILES string of the molecule is N#C/C(=C/Nc1ccccc1C(N)=O)c1nc(-c2ccc(Cl)cc2)cs1. The number of nitriles is 1. The van der Waals surface area contributed by atoms with E-state index in [1.807, 2.05) is 17.5 Å². The van der Waals surface area contributed by atoms with Crippen molar-refractivity contribution in [2.75, 3.05) is 5.32 Å². The number of nitrogens with zero attached hydrogens (tertiary/aromatic N) is 2. The molecule has 0 aliphatic heterocycles. The molecule has 1 amide bonds. The van der Waals surface area contributed by atoms with Crippen LogP contribution in [0.3, 0.4) is 0 Å². The Hall–Kier alpha value is -3.14. The number of halogens is 1. The van der Waals surface area contributed by atoms with Crippen molar-refractivity contribution in [2.24, 2.45) is 5.73 Å². The first-order chi connectivity index (χ1) is 12.6. The van der Waals surface area contributed by atoms with Gasteiger partial charge in [-0.3, -0.25) is 4.79 Å². The Morgan fingerprint density at radius 3 is 2.65 bits per heavy atom. The first-order valence-electron chi connectivity index (χ1n) is 7.56. The van der Waals surface area contributed by atoms with E-state index >= 15 is 0 Å². The summed E-state index contributed by atoms with van der Waals surface area (Å²) in [6.45, 7) is 0. The molecule has 0 saturated heterocycles. The van der Waals surface area contributed by atoms with Crippen molar-refractivity contribution in [2.45, 2.75) is 0 Å². The molecule has 0 atom stereocenters. The third-order valence-corrected chi connectivity index (χ3v) is 4.69. The van der Waals surface area contributed by atoms with Crippen molar-refractivity contribution in [1.82, 2.24) is 4.98 Å². The molecule has 1 aromatic heterocycles. The van der Waals surface area contributed by atoms with Crippen LogP contribution in [0.4, 0.5) is 5.69 Å². The molecule has 0 aliphatic rings. The predicted octanol–water partition coefficient (Wildman–Crippen LogP) is 4.54. The van der Waals surface area contributed by atoms with E-state index in [1.165, 1.54) is 17.5 Å². The minimum atomic E-state index is -0.542. The van der Waals surface area contributed by atoms with Crippen molar-refractivity contribution >= 4 is 40.1 Å². The molecule has 0 aliphatic carbocycles. The molecule has 1 heterocycles. The summed E-state index contributed by atoms with van der Waals surface area (Å²) in [7, 11) is 0. The second-order valence-corrected chi connectivity index (χ2v) is 6.56. The molecule has 0 radical (unpaired) electrons. The second-order valence-electron chi connectivity index (χ2n) is 5.27. The van der Waals surface area contributed by atoms with Crippen molar-refractivity contribution < 1.29 is 4.79 Å². The molecular weight excluding hydrogens is 368 g/mol. The van der Waals surface area contributed by atoms with E-state index in [2.05, 4.69) is 16.4 Å². The number of carbonyl (C=O) groups excluding carboxylic acids is 1. The number of hydrogen-bond acceptors (Lipinski definition) is 5. The highest BCUT2D eigenvalue weighted by molar-refractivity contribution is 7.11. The van der Waals surface area contributed by atoms with Gasteiger partial charge < -0.3 is 11.1 Å². The summed E-state index contributed by atoms with van der Waals surface area (Å²) in [6.07, 6.45) is 1.52. The van der Waals surface area contributed by atoms with Crippen LogP contribution in [0.5, 0.6) is 0 Å². The third kappa shape index (κ3) is 3.91. The van der Waals surface area contributed by atoms with Gasteiger partial charge in [0.15, 0.2) is 0 Å². The number of thiazole rings is 1. The summed E-state index contributed by atoms with van der Waals surface area (Å²) in [5.41, 5.74) is 8.28. The van der Waals surface area contributed by atoms with Crippen LogP contribution in [0.1, 0.15) is 15.4 Å². The Kier molecular flexibility index (Phi) is 5.32. The first-order valence-corrected chi connectivity index (χ1v) is 8.81. The molecular formula is C19H13ClN4OS. The summed E-state index contributed by atoms with van der Waals surface area (Å²) in [4.78, 5) is 16.0. The number of hydrogen-bond donors (Lipinski definition) is 2. The standard InChI is InChI=1S/C19H13ClN4OS/c20-14-7-5-12(6-8-14)17-11-26-19(24-17)13(9-21)10-23-16-4-2-1-3-15(16)18(22)25/h1-8,10-11,23H,(H2,22,25)/b13-10-. The number of anilines is 1. The number of carbonyl (C=O) groups is 1. The van der Waals surface area contributed by atoms with Gasteiger partial charge in [0.1, 0.15) is 16.6 Å². The van der Waals surface area contributed by atoms with E-state index in [4.69, 9.17) is 17.3 Å². The smallest absolute Gasteiger partial charge is 0.250 e. The molecule has 3 rings (SSSR count). The number of rotatable bonds is 5. The normalized spacial score (nSPS) is 11.0. The minimum absolute atomic E-state index is 0.349. The van der Waals surface area contributed by atoms with Crippen LogP contribution in [-0.2, 0) is 0 Å². The lowest BCUT2D eigenvalue weighted by atomic mass is 10.1. The maximum absolute atomic E-state index is 11.5. The van der Waals surface area contributed by atoms with Crippen LogP contribution in [0.25, 0.3) is 16.8 Å². The number of benzene rings is 2. The fourth-order valence-corrected chi connectivity index (χ4v) is 3.19. The summed E-state index contributed by atoms with van der Waals surface area (Å²) < 4.78 is 0. The van der Waals surface area contributed by atoms with Gasteiger partial charge in [0.05, 0.1) is 16.9 Å². The maximum atomic E-state index is 11.5. The summed E-state index contributed by atoms with van der Waals surface area (Å²) in [5, 5.41) is 15.5. The maximum Gasteiger partial charge on any atom is 0.250 e. The molecule has 7 heteroatoms. The number of para-hydroxylation sites is 1. The zero-order valence-corrected chi connectivity index (χ0v) is 15.0. The van der Waals surface area contributed by atoms with E-state index in [0.717, 1.165) is 11.3 Å². The van der Waals surface area contributed by atoms with Gasteiger partial charge in [-0.25, -0.2) is 4.98 Å². The van der Waals surface area contributed by atoms with E-state index in [1.54, 1.807) is 36.4 Å². The van der Waals surface area contributed by atoms with E-state index in [9.17, 15) is 10.1 Å². The lowest BCUT2D eigenvalue weighted by Crippen LogP contribution is -2.13. The van der Waals surface area contributed by atoms with E-state index in [-0.39, 0.29) is 0 Å². The number of nitrogens with two attached hydrogens (primary N) is 1. The highest BCUT2D eigenvalue weighted by Gasteiger charge is 2.10. The lowest BCUT2D eigenvalue weighted by Gasteiger charge is -2.06. The fourth-order valence-electron chi connectivity index (χ4n) is 2.27. The number of nitrogens with one attached hydrogen (secondary N) is 1. The fraction of sp³-hybridized carbons (Fsp3) is 0. The number of allylic oxidation sites excluding steroid dienone is 1. The Labute approximate surface area is 159 Å². The van der Waals surface area contributed by atoms with Gasteiger partial charge in [-0.15, -0.1) is 11.3 Å². The quantitative estimate of drug-likeness (QED) is 0.635. The number of amides is 1. The monoisotopic (exact) mass is 380 g/mol. The molecule has 128 valence electrons. The highest BCUT2D eigenvalue weighted by Crippen LogP contribution is 2.27. The predicted molar refractivity (Wildman–Crippen MR) is 105 cm³/mol. The van der Waals surface area contributed by atoms with E-state index in [0.29, 0.717) is 26.9 Å².